The number of amides is 1. The standard InChI is InChI=1S/C14H10BrFN2O3/c15-8-6-7(14(20)21)4-5-10(8)18-11-3-1-2-9(16)12(11)13(17)19/h1-6,18H,(H2,17,19)(H,20,21). The minimum atomic E-state index is -1.06. The summed E-state index contributed by atoms with van der Waals surface area (Å²) in [7, 11) is 0. The summed E-state index contributed by atoms with van der Waals surface area (Å²) >= 11 is 3.22. The maximum absolute atomic E-state index is 13.6. The van der Waals surface area contributed by atoms with Crippen LogP contribution in [0.25, 0.3) is 0 Å². The van der Waals surface area contributed by atoms with Crippen molar-refractivity contribution in [2.24, 2.45) is 5.73 Å². The number of carbonyl (C=O) groups excluding carboxylic acids is 1. The van der Waals surface area contributed by atoms with Gasteiger partial charge in [-0.2, -0.15) is 0 Å². The molecule has 2 aromatic carbocycles. The number of benzene rings is 2. The molecule has 7 heteroatoms. The Hall–Kier alpha value is -2.41. The maximum atomic E-state index is 13.6. The molecule has 0 atom stereocenters. The van der Waals surface area contributed by atoms with Gasteiger partial charge in [0.05, 0.1) is 22.5 Å². The molecule has 0 aliphatic rings. The predicted octanol–water partition coefficient (Wildman–Crippen LogP) is 3.13. The van der Waals surface area contributed by atoms with Crippen LogP contribution in [0.2, 0.25) is 0 Å². The van der Waals surface area contributed by atoms with Crippen molar-refractivity contribution in [1.29, 1.82) is 0 Å². The van der Waals surface area contributed by atoms with Gasteiger partial charge in [0.2, 0.25) is 0 Å². The fraction of sp³-hybridized carbons (Fsp3) is 0. The van der Waals surface area contributed by atoms with Crippen LogP contribution in [0.1, 0.15) is 20.7 Å². The van der Waals surface area contributed by atoms with Gasteiger partial charge in [-0.05, 0) is 46.3 Å². The van der Waals surface area contributed by atoms with E-state index in [0.717, 1.165) is 6.07 Å². The molecule has 0 aromatic heterocycles. The first kappa shape index (κ1) is 15.0. The summed E-state index contributed by atoms with van der Waals surface area (Å²) in [6.45, 7) is 0. The number of carboxylic acid groups (broad SMARTS) is 1. The molecule has 1 amide bonds. The average Bonchev–Trinajstić information content (AvgIpc) is 2.40. The summed E-state index contributed by atoms with van der Waals surface area (Å²) in [6.07, 6.45) is 0. The first-order valence-electron chi connectivity index (χ1n) is 5.78. The highest BCUT2D eigenvalue weighted by Gasteiger charge is 2.15. The third-order valence-corrected chi connectivity index (χ3v) is 3.40. The van der Waals surface area contributed by atoms with E-state index in [4.69, 9.17) is 10.8 Å². The van der Waals surface area contributed by atoms with Crippen molar-refractivity contribution in [3.63, 3.8) is 0 Å². The van der Waals surface area contributed by atoms with Crippen LogP contribution < -0.4 is 11.1 Å². The highest BCUT2D eigenvalue weighted by Crippen LogP contribution is 2.29. The summed E-state index contributed by atoms with van der Waals surface area (Å²) in [5.74, 6) is -2.69. The largest absolute Gasteiger partial charge is 0.478 e. The van der Waals surface area contributed by atoms with E-state index in [2.05, 4.69) is 21.2 Å². The van der Waals surface area contributed by atoms with Crippen LogP contribution in [0.3, 0.4) is 0 Å². The van der Waals surface area contributed by atoms with Gasteiger partial charge in [0.25, 0.3) is 5.91 Å². The number of aromatic carboxylic acids is 1. The molecule has 0 unspecified atom stereocenters. The number of rotatable bonds is 4. The number of carbonyl (C=O) groups is 2. The third-order valence-electron chi connectivity index (χ3n) is 2.75. The van der Waals surface area contributed by atoms with Gasteiger partial charge in [0.15, 0.2) is 0 Å². The number of halogens is 2. The predicted molar refractivity (Wildman–Crippen MR) is 79.3 cm³/mol. The van der Waals surface area contributed by atoms with Crippen LogP contribution in [-0.2, 0) is 0 Å². The summed E-state index contributed by atoms with van der Waals surface area (Å²) in [5.41, 5.74) is 5.68. The van der Waals surface area contributed by atoms with Crippen molar-refractivity contribution in [2.45, 2.75) is 0 Å². The Morgan fingerprint density at radius 1 is 1.19 bits per heavy atom. The number of hydrogen-bond acceptors (Lipinski definition) is 3. The zero-order valence-corrected chi connectivity index (χ0v) is 12.1. The van der Waals surface area contributed by atoms with Crippen molar-refractivity contribution in [3.8, 4) is 0 Å². The fourth-order valence-corrected chi connectivity index (χ4v) is 2.25. The monoisotopic (exact) mass is 352 g/mol. The molecule has 0 bridgehead atoms. The van der Waals surface area contributed by atoms with Gasteiger partial charge in [-0.15, -0.1) is 0 Å². The molecule has 2 rings (SSSR count). The van der Waals surface area contributed by atoms with Crippen LogP contribution in [-0.4, -0.2) is 17.0 Å². The Bertz CT molecular complexity index is 734. The summed E-state index contributed by atoms with van der Waals surface area (Å²) in [4.78, 5) is 22.2. The van der Waals surface area contributed by atoms with Gasteiger partial charge in [-0.25, -0.2) is 9.18 Å². The fourth-order valence-electron chi connectivity index (χ4n) is 1.77. The minimum absolute atomic E-state index is 0.0989. The van der Waals surface area contributed by atoms with Gasteiger partial charge in [-0.1, -0.05) is 6.07 Å². The summed E-state index contributed by atoms with van der Waals surface area (Å²) < 4.78 is 14.1. The van der Waals surface area contributed by atoms with Crippen LogP contribution in [0.4, 0.5) is 15.8 Å². The van der Waals surface area contributed by atoms with E-state index in [-0.39, 0.29) is 16.8 Å². The molecule has 0 saturated heterocycles. The normalized spacial score (nSPS) is 10.2. The zero-order chi connectivity index (χ0) is 15.6. The number of nitrogens with two attached hydrogens (primary N) is 1. The summed E-state index contributed by atoms with van der Waals surface area (Å²) in [5, 5.41) is 11.7. The van der Waals surface area contributed by atoms with E-state index < -0.39 is 17.7 Å². The lowest BCUT2D eigenvalue weighted by molar-refractivity contribution is 0.0696. The lowest BCUT2D eigenvalue weighted by Gasteiger charge is -2.12. The van der Waals surface area contributed by atoms with Crippen molar-refractivity contribution >= 4 is 39.2 Å². The molecule has 21 heavy (non-hydrogen) atoms. The molecule has 108 valence electrons. The second kappa shape index (κ2) is 5.92. The smallest absolute Gasteiger partial charge is 0.335 e. The maximum Gasteiger partial charge on any atom is 0.335 e. The van der Waals surface area contributed by atoms with Crippen molar-refractivity contribution < 1.29 is 19.1 Å². The second-order valence-electron chi connectivity index (χ2n) is 4.15. The number of primary amides is 1. The first-order valence-corrected chi connectivity index (χ1v) is 6.57. The molecule has 0 aliphatic heterocycles. The lowest BCUT2D eigenvalue weighted by Crippen LogP contribution is -2.15. The van der Waals surface area contributed by atoms with Crippen molar-refractivity contribution in [3.05, 3.63) is 57.8 Å². The highest BCUT2D eigenvalue weighted by atomic mass is 79.9. The van der Waals surface area contributed by atoms with Gasteiger partial charge in [0, 0.05) is 4.47 Å². The Morgan fingerprint density at radius 2 is 1.90 bits per heavy atom. The second-order valence-corrected chi connectivity index (χ2v) is 5.01. The van der Waals surface area contributed by atoms with Gasteiger partial charge in [-0.3, -0.25) is 4.79 Å². The van der Waals surface area contributed by atoms with E-state index in [1.807, 2.05) is 0 Å². The van der Waals surface area contributed by atoms with Gasteiger partial charge < -0.3 is 16.2 Å². The van der Waals surface area contributed by atoms with E-state index >= 15 is 0 Å². The minimum Gasteiger partial charge on any atom is -0.478 e. The topological polar surface area (TPSA) is 92.4 Å². The van der Waals surface area contributed by atoms with E-state index in [9.17, 15) is 14.0 Å². The number of carboxylic acids is 1. The Kier molecular flexibility index (Phi) is 4.23. The lowest BCUT2D eigenvalue weighted by atomic mass is 10.1. The van der Waals surface area contributed by atoms with Crippen molar-refractivity contribution in [2.75, 3.05) is 5.32 Å². The Morgan fingerprint density at radius 3 is 2.48 bits per heavy atom. The van der Waals surface area contributed by atoms with E-state index in [1.54, 1.807) is 0 Å². The number of anilines is 2. The molecule has 0 aliphatic carbocycles. The molecular weight excluding hydrogens is 343 g/mol. The van der Waals surface area contributed by atoms with E-state index in [0.29, 0.717) is 10.2 Å². The third kappa shape index (κ3) is 3.19. The average molecular weight is 353 g/mol. The Balaban J connectivity index is 2.42. The molecule has 0 fully saturated rings. The summed E-state index contributed by atoms with van der Waals surface area (Å²) in [6, 6.07) is 8.36. The molecule has 5 nitrogen and oxygen atoms in total. The highest BCUT2D eigenvalue weighted by molar-refractivity contribution is 9.10. The quantitative estimate of drug-likeness (QED) is 0.787. The molecule has 0 saturated carbocycles. The molecule has 4 N–H and O–H groups in total. The van der Waals surface area contributed by atoms with Gasteiger partial charge >= 0.3 is 5.97 Å². The first-order chi connectivity index (χ1) is 9.90. The Labute approximate surface area is 127 Å². The van der Waals surface area contributed by atoms with Crippen LogP contribution in [0.5, 0.6) is 0 Å². The van der Waals surface area contributed by atoms with Crippen LogP contribution in [0, 0.1) is 5.82 Å². The van der Waals surface area contributed by atoms with Gasteiger partial charge in [0.1, 0.15) is 5.82 Å². The molecule has 2 aromatic rings. The molecule has 0 radical (unpaired) electrons. The van der Waals surface area contributed by atoms with E-state index in [1.165, 1.54) is 30.3 Å². The zero-order valence-electron chi connectivity index (χ0n) is 10.6. The SMILES string of the molecule is NC(=O)c1c(F)cccc1Nc1ccc(C(=O)O)cc1Br. The molecule has 0 heterocycles. The van der Waals surface area contributed by atoms with Crippen LogP contribution >= 0.6 is 15.9 Å². The number of hydrogen-bond donors (Lipinski definition) is 3. The van der Waals surface area contributed by atoms with Crippen LogP contribution in [0.15, 0.2) is 40.9 Å². The number of nitrogens with one attached hydrogen (secondary N) is 1. The molecular formula is C14H10BrFN2O3. The van der Waals surface area contributed by atoms with Crippen molar-refractivity contribution in [1.82, 2.24) is 0 Å². The molecule has 0 spiro atoms.